The quantitative estimate of drug-likeness (QED) is 0.370. The van der Waals surface area contributed by atoms with Crippen LogP contribution in [0.1, 0.15) is 26.0 Å². The maximum absolute atomic E-state index is 11.6. The number of hydrogen-bond donors (Lipinski definition) is 4. The topological polar surface area (TPSA) is 132 Å². The van der Waals surface area contributed by atoms with Gasteiger partial charge in [0.1, 0.15) is 0 Å². The van der Waals surface area contributed by atoms with Crippen LogP contribution in [0.15, 0.2) is 5.38 Å². The van der Waals surface area contributed by atoms with E-state index in [1.165, 1.54) is 11.3 Å². The van der Waals surface area contributed by atoms with Crippen molar-refractivity contribution in [3.8, 4) is 0 Å². The number of carbonyl (C=O) groups excluding carboxylic acids is 1. The number of aliphatic carboxylic acids is 2. The van der Waals surface area contributed by atoms with Gasteiger partial charge in [-0.25, -0.2) is 14.6 Å². The van der Waals surface area contributed by atoms with E-state index in [1.54, 1.807) is 0 Å². The van der Waals surface area contributed by atoms with E-state index in [0.29, 0.717) is 11.7 Å². The molecule has 25 heavy (non-hydrogen) atoms. The lowest BCUT2D eigenvalue weighted by Crippen LogP contribution is -2.31. The Labute approximate surface area is 151 Å². The van der Waals surface area contributed by atoms with Gasteiger partial charge in [-0.15, -0.1) is 11.3 Å². The van der Waals surface area contributed by atoms with Gasteiger partial charge in [0, 0.05) is 5.38 Å². The summed E-state index contributed by atoms with van der Waals surface area (Å²) in [5, 5.41) is 23.3. The van der Waals surface area contributed by atoms with Crippen molar-refractivity contribution >= 4 is 34.3 Å². The Morgan fingerprint density at radius 3 is 2.24 bits per heavy atom. The van der Waals surface area contributed by atoms with Crippen LogP contribution in [0.5, 0.6) is 0 Å². The summed E-state index contributed by atoms with van der Waals surface area (Å²) in [6, 6.07) is 0. The molecule has 1 aromatic heterocycles. The van der Waals surface area contributed by atoms with Gasteiger partial charge in [-0.05, 0) is 39.5 Å². The third-order valence-electron chi connectivity index (χ3n) is 3.06. The molecule has 0 aliphatic rings. The maximum atomic E-state index is 11.6. The molecule has 9 nitrogen and oxygen atoms in total. The average molecular weight is 374 g/mol. The van der Waals surface area contributed by atoms with E-state index in [9.17, 15) is 4.79 Å². The zero-order valence-electron chi connectivity index (χ0n) is 14.7. The molecule has 1 heterocycles. The van der Waals surface area contributed by atoms with Gasteiger partial charge >= 0.3 is 11.9 Å². The highest BCUT2D eigenvalue weighted by Crippen LogP contribution is 2.13. The number of nitrogens with zero attached hydrogens (tertiary/aromatic N) is 2. The zero-order valence-corrected chi connectivity index (χ0v) is 15.6. The average Bonchev–Trinajstić information content (AvgIpc) is 2.96. The number of aryl methyl sites for hydroxylation is 1. The van der Waals surface area contributed by atoms with E-state index in [0.717, 1.165) is 38.3 Å². The zero-order chi connectivity index (χ0) is 19.2. The van der Waals surface area contributed by atoms with E-state index < -0.39 is 11.9 Å². The molecule has 0 unspecified atom stereocenters. The minimum absolute atomic E-state index is 0.0304. The van der Waals surface area contributed by atoms with Crippen LogP contribution in [0.3, 0.4) is 0 Å². The summed E-state index contributed by atoms with van der Waals surface area (Å²) in [6.45, 7) is 10.7. The van der Waals surface area contributed by atoms with Crippen molar-refractivity contribution in [1.82, 2.24) is 15.2 Å². The fourth-order valence-electron chi connectivity index (χ4n) is 1.74. The summed E-state index contributed by atoms with van der Waals surface area (Å²) in [6.07, 6.45) is 1.06. The number of carboxylic acid groups (broad SMARTS) is 2. The van der Waals surface area contributed by atoms with Crippen molar-refractivity contribution in [2.24, 2.45) is 0 Å². The van der Waals surface area contributed by atoms with Crippen molar-refractivity contribution < 1.29 is 24.6 Å². The van der Waals surface area contributed by atoms with Gasteiger partial charge in [-0.3, -0.25) is 4.79 Å². The van der Waals surface area contributed by atoms with E-state index in [2.05, 4.69) is 34.4 Å². The van der Waals surface area contributed by atoms with Crippen molar-refractivity contribution in [1.29, 1.82) is 0 Å². The summed E-state index contributed by atoms with van der Waals surface area (Å²) < 4.78 is 0. The molecule has 1 amide bonds. The van der Waals surface area contributed by atoms with Crippen LogP contribution >= 0.6 is 11.3 Å². The minimum atomic E-state index is -1.82. The van der Waals surface area contributed by atoms with E-state index >= 15 is 0 Å². The summed E-state index contributed by atoms with van der Waals surface area (Å²) in [4.78, 5) is 36.4. The lowest BCUT2D eigenvalue weighted by molar-refractivity contribution is -0.159. The number of nitrogens with one attached hydrogen (secondary N) is 2. The van der Waals surface area contributed by atoms with E-state index in [-0.39, 0.29) is 5.91 Å². The molecule has 1 aromatic rings. The summed E-state index contributed by atoms with van der Waals surface area (Å²) in [5.41, 5.74) is 0.937. The molecule has 1 rings (SSSR count). The van der Waals surface area contributed by atoms with Gasteiger partial charge in [0.2, 0.25) is 5.91 Å². The molecule has 0 bridgehead atoms. The number of carbonyl (C=O) groups is 3. The second-order valence-electron chi connectivity index (χ2n) is 5.01. The Morgan fingerprint density at radius 1 is 1.20 bits per heavy atom. The van der Waals surface area contributed by atoms with Gasteiger partial charge in [0.05, 0.1) is 12.2 Å². The van der Waals surface area contributed by atoms with Gasteiger partial charge in [0.25, 0.3) is 0 Å². The first-order valence-electron chi connectivity index (χ1n) is 7.91. The van der Waals surface area contributed by atoms with Crippen LogP contribution in [0.4, 0.5) is 5.13 Å². The largest absolute Gasteiger partial charge is 0.473 e. The molecular formula is C15H26N4O5S. The molecule has 142 valence electrons. The van der Waals surface area contributed by atoms with Crippen LogP contribution in [-0.2, 0) is 14.4 Å². The van der Waals surface area contributed by atoms with Gasteiger partial charge < -0.3 is 25.7 Å². The number of carboxylic acids is 2. The second kappa shape index (κ2) is 13.3. The number of anilines is 1. The molecule has 0 saturated heterocycles. The molecule has 0 aliphatic carbocycles. The molecule has 0 aliphatic heterocycles. The number of thiazole rings is 1. The Bertz CT molecular complexity index is 534. The highest BCUT2D eigenvalue weighted by atomic mass is 32.1. The SMILES string of the molecule is CCN(CC)CCCNCC(=O)Nc1nc(C)cs1.O=C(O)C(=O)O. The molecule has 0 aromatic carbocycles. The van der Waals surface area contributed by atoms with Crippen molar-refractivity contribution in [3.05, 3.63) is 11.1 Å². The van der Waals surface area contributed by atoms with Crippen LogP contribution in [0.2, 0.25) is 0 Å². The molecule has 0 radical (unpaired) electrons. The Kier molecular flexibility index (Phi) is 12.2. The fraction of sp³-hybridized carbons (Fsp3) is 0.600. The van der Waals surface area contributed by atoms with Gasteiger partial charge in [-0.2, -0.15) is 0 Å². The first-order chi connectivity index (χ1) is 11.8. The monoisotopic (exact) mass is 374 g/mol. The van der Waals surface area contributed by atoms with Gasteiger partial charge in [0.15, 0.2) is 5.13 Å². The third-order valence-corrected chi connectivity index (χ3v) is 3.93. The normalized spacial score (nSPS) is 10.1. The predicted octanol–water partition coefficient (Wildman–Crippen LogP) is 0.867. The second-order valence-corrected chi connectivity index (χ2v) is 5.87. The molecule has 0 spiro atoms. The number of rotatable bonds is 9. The molecular weight excluding hydrogens is 348 g/mol. The van der Waals surface area contributed by atoms with Crippen molar-refractivity contribution in [3.63, 3.8) is 0 Å². The highest BCUT2D eigenvalue weighted by molar-refractivity contribution is 7.13. The Balaban J connectivity index is 0.000000823. The van der Waals surface area contributed by atoms with Crippen LogP contribution in [-0.4, -0.2) is 70.7 Å². The third kappa shape index (κ3) is 12.0. The summed E-state index contributed by atoms with van der Waals surface area (Å²) in [5.74, 6) is -3.68. The van der Waals surface area contributed by atoms with E-state index in [1.807, 2.05) is 12.3 Å². The molecule has 0 atom stereocenters. The standard InChI is InChI=1S/C13H24N4OS.C2H2O4/c1-4-17(5-2)8-6-7-14-9-12(18)16-13-15-11(3)10-19-13;3-1(4)2(5)6/h10,14H,4-9H2,1-3H3,(H,15,16,18);(H,3,4)(H,5,6). The smallest absolute Gasteiger partial charge is 0.414 e. The maximum Gasteiger partial charge on any atom is 0.414 e. The Hall–Kier alpha value is -2.04. The van der Waals surface area contributed by atoms with Crippen LogP contribution in [0, 0.1) is 6.92 Å². The fourth-order valence-corrected chi connectivity index (χ4v) is 2.45. The lowest BCUT2D eigenvalue weighted by Gasteiger charge is -2.17. The minimum Gasteiger partial charge on any atom is -0.473 e. The van der Waals surface area contributed by atoms with Crippen molar-refractivity contribution in [2.75, 3.05) is 38.0 Å². The molecule has 0 saturated carbocycles. The summed E-state index contributed by atoms with van der Waals surface area (Å²) in [7, 11) is 0. The van der Waals surface area contributed by atoms with Gasteiger partial charge in [-0.1, -0.05) is 13.8 Å². The lowest BCUT2D eigenvalue weighted by atomic mass is 10.3. The molecule has 0 fully saturated rings. The first-order valence-corrected chi connectivity index (χ1v) is 8.79. The highest BCUT2D eigenvalue weighted by Gasteiger charge is 2.05. The molecule has 4 N–H and O–H groups in total. The molecule has 10 heteroatoms. The summed E-state index contributed by atoms with van der Waals surface area (Å²) >= 11 is 1.45. The van der Waals surface area contributed by atoms with Crippen molar-refractivity contribution in [2.45, 2.75) is 27.2 Å². The van der Waals surface area contributed by atoms with Crippen LogP contribution < -0.4 is 10.6 Å². The first kappa shape index (κ1) is 23.0. The number of aromatic nitrogens is 1. The predicted molar refractivity (Wildman–Crippen MR) is 96.0 cm³/mol. The van der Waals surface area contributed by atoms with Crippen LogP contribution in [0.25, 0.3) is 0 Å². The number of hydrogen-bond acceptors (Lipinski definition) is 7. The van der Waals surface area contributed by atoms with E-state index in [4.69, 9.17) is 19.8 Å². The number of amides is 1. The Morgan fingerprint density at radius 2 is 1.80 bits per heavy atom.